The molecule has 2 heterocycles. The van der Waals surface area contributed by atoms with Gasteiger partial charge in [0.2, 0.25) is 5.88 Å². The van der Waals surface area contributed by atoms with E-state index >= 15 is 0 Å². The van der Waals surface area contributed by atoms with Gasteiger partial charge in [0.05, 0.1) is 11.3 Å². The molecule has 3 aromatic rings. The number of anilines is 1. The summed E-state index contributed by atoms with van der Waals surface area (Å²) >= 11 is 3.55. The Bertz CT molecular complexity index is 1150. The van der Waals surface area contributed by atoms with Crippen LogP contribution in [0.1, 0.15) is 47.1 Å². The molecule has 0 fully saturated rings. The van der Waals surface area contributed by atoms with E-state index in [0.717, 1.165) is 38.1 Å². The lowest BCUT2D eigenvalue weighted by Crippen LogP contribution is -2.29. The molecule has 2 atom stereocenters. The summed E-state index contributed by atoms with van der Waals surface area (Å²) in [6, 6.07) is 15.2. The van der Waals surface area contributed by atoms with Gasteiger partial charge < -0.3 is 14.9 Å². The SMILES string of the molecule is Cc1noc2c1[C@H](c1cccc(Br)c1)C1=C(C[C@@H](c3ccc(O)cc3)CC1=O)N2. The van der Waals surface area contributed by atoms with E-state index in [1.165, 1.54) is 0 Å². The molecule has 0 saturated carbocycles. The number of hydrogen-bond acceptors (Lipinski definition) is 5. The number of benzene rings is 2. The summed E-state index contributed by atoms with van der Waals surface area (Å²) in [5, 5.41) is 17.1. The highest BCUT2D eigenvalue weighted by molar-refractivity contribution is 9.10. The molecular weight excluding hydrogens is 432 g/mol. The minimum absolute atomic E-state index is 0.0584. The summed E-state index contributed by atoms with van der Waals surface area (Å²) in [5.41, 5.74) is 5.50. The van der Waals surface area contributed by atoms with Crippen molar-refractivity contribution in [2.75, 3.05) is 5.32 Å². The summed E-state index contributed by atoms with van der Waals surface area (Å²) in [6.45, 7) is 1.91. The fraction of sp³-hybridized carbons (Fsp3) is 0.217. The van der Waals surface area contributed by atoms with E-state index in [2.05, 4.69) is 32.5 Å². The van der Waals surface area contributed by atoms with Gasteiger partial charge in [0.1, 0.15) is 5.75 Å². The van der Waals surface area contributed by atoms with Crippen molar-refractivity contribution in [3.05, 3.63) is 86.7 Å². The number of ketones is 1. The Kier molecular flexibility index (Phi) is 4.32. The molecule has 0 bridgehead atoms. The first kappa shape index (κ1) is 18.2. The normalized spacial score (nSPS) is 20.8. The van der Waals surface area contributed by atoms with Crippen molar-refractivity contribution < 1.29 is 14.4 Å². The predicted molar refractivity (Wildman–Crippen MR) is 113 cm³/mol. The molecule has 5 nitrogen and oxygen atoms in total. The Morgan fingerprint density at radius 2 is 1.93 bits per heavy atom. The first-order valence-corrected chi connectivity index (χ1v) is 10.3. The van der Waals surface area contributed by atoms with Crippen LogP contribution in [0.4, 0.5) is 5.88 Å². The zero-order valence-electron chi connectivity index (χ0n) is 15.8. The molecule has 2 aliphatic rings. The van der Waals surface area contributed by atoms with Crippen molar-refractivity contribution in [2.45, 2.75) is 31.6 Å². The maximum atomic E-state index is 13.4. The van der Waals surface area contributed by atoms with Crippen molar-refractivity contribution in [1.29, 1.82) is 0 Å². The number of nitrogens with one attached hydrogen (secondary N) is 1. The quantitative estimate of drug-likeness (QED) is 0.545. The van der Waals surface area contributed by atoms with E-state index in [4.69, 9.17) is 4.52 Å². The summed E-state index contributed by atoms with van der Waals surface area (Å²) < 4.78 is 6.53. The van der Waals surface area contributed by atoms with Crippen molar-refractivity contribution in [2.24, 2.45) is 0 Å². The molecule has 5 rings (SSSR count). The third-order valence-electron chi connectivity index (χ3n) is 5.80. The van der Waals surface area contributed by atoms with Crippen molar-refractivity contribution >= 4 is 27.6 Å². The Balaban J connectivity index is 1.62. The number of phenols is 1. The molecule has 2 N–H and O–H groups in total. The molecule has 0 saturated heterocycles. The molecule has 0 amide bonds. The van der Waals surface area contributed by atoms with Gasteiger partial charge in [0, 0.05) is 28.1 Å². The van der Waals surface area contributed by atoms with Gasteiger partial charge in [-0.15, -0.1) is 0 Å². The van der Waals surface area contributed by atoms with E-state index in [-0.39, 0.29) is 23.4 Å². The number of fused-ring (bicyclic) bond motifs is 1. The lowest BCUT2D eigenvalue weighted by Gasteiger charge is -2.34. The van der Waals surface area contributed by atoms with Crippen LogP contribution in [0.5, 0.6) is 5.75 Å². The summed E-state index contributed by atoms with van der Waals surface area (Å²) in [4.78, 5) is 13.4. The minimum atomic E-state index is -0.196. The summed E-state index contributed by atoms with van der Waals surface area (Å²) in [7, 11) is 0. The van der Waals surface area contributed by atoms with Gasteiger partial charge in [-0.25, -0.2) is 0 Å². The number of aromatic nitrogens is 1. The Morgan fingerprint density at radius 1 is 1.14 bits per heavy atom. The average molecular weight is 451 g/mol. The Hall–Kier alpha value is -2.86. The monoisotopic (exact) mass is 450 g/mol. The summed E-state index contributed by atoms with van der Waals surface area (Å²) in [6.07, 6.45) is 1.14. The van der Waals surface area contributed by atoms with Crippen molar-refractivity contribution in [1.82, 2.24) is 5.16 Å². The molecule has 0 unspecified atom stereocenters. The first-order chi connectivity index (χ1) is 14.0. The highest BCUT2D eigenvalue weighted by Crippen LogP contribution is 2.49. The number of allylic oxidation sites excluding steroid dienone is 2. The van der Waals surface area contributed by atoms with Crippen LogP contribution in [0.3, 0.4) is 0 Å². The van der Waals surface area contributed by atoms with Gasteiger partial charge >= 0.3 is 0 Å². The van der Waals surface area contributed by atoms with Gasteiger partial charge in [-0.05, 0) is 54.7 Å². The fourth-order valence-corrected chi connectivity index (χ4v) is 4.89. The van der Waals surface area contributed by atoms with Crippen LogP contribution in [0.25, 0.3) is 0 Å². The minimum Gasteiger partial charge on any atom is -0.508 e. The number of nitrogens with zero attached hydrogens (tertiary/aromatic N) is 1. The van der Waals surface area contributed by atoms with Gasteiger partial charge in [0.25, 0.3) is 0 Å². The molecule has 0 radical (unpaired) electrons. The molecule has 146 valence electrons. The number of hydrogen-bond donors (Lipinski definition) is 2. The fourth-order valence-electron chi connectivity index (χ4n) is 4.47. The van der Waals surface area contributed by atoms with Gasteiger partial charge in [-0.1, -0.05) is 45.4 Å². The van der Waals surface area contributed by atoms with Crippen LogP contribution in [0, 0.1) is 6.92 Å². The van der Waals surface area contributed by atoms with E-state index in [1.807, 2.05) is 37.3 Å². The second kappa shape index (κ2) is 6.88. The second-order valence-electron chi connectivity index (χ2n) is 7.64. The zero-order valence-corrected chi connectivity index (χ0v) is 17.4. The van der Waals surface area contributed by atoms with Crippen LogP contribution in [-0.2, 0) is 4.79 Å². The maximum absolute atomic E-state index is 13.4. The van der Waals surface area contributed by atoms with Crippen LogP contribution < -0.4 is 5.32 Å². The van der Waals surface area contributed by atoms with Crippen LogP contribution in [0.2, 0.25) is 0 Å². The van der Waals surface area contributed by atoms with Gasteiger partial charge in [-0.3, -0.25) is 4.79 Å². The first-order valence-electron chi connectivity index (χ1n) is 9.55. The number of carbonyl (C=O) groups is 1. The molecule has 0 spiro atoms. The van der Waals surface area contributed by atoms with Gasteiger partial charge in [0.15, 0.2) is 5.78 Å². The van der Waals surface area contributed by atoms with E-state index in [1.54, 1.807) is 12.1 Å². The molecule has 29 heavy (non-hydrogen) atoms. The van der Waals surface area contributed by atoms with E-state index < -0.39 is 0 Å². The molecule has 1 aliphatic carbocycles. The topological polar surface area (TPSA) is 75.4 Å². The number of carbonyl (C=O) groups excluding carboxylic acids is 1. The number of rotatable bonds is 2. The molecule has 1 aliphatic heterocycles. The van der Waals surface area contributed by atoms with Crippen LogP contribution in [0.15, 0.2) is 68.8 Å². The third-order valence-corrected chi connectivity index (χ3v) is 6.30. The second-order valence-corrected chi connectivity index (χ2v) is 8.55. The van der Waals surface area contributed by atoms with Crippen LogP contribution in [-0.4, -0.2) is 16.0 Å². The standard InChI is InChI=1S/C23H19BrN2O3/c1-12-20-21(14-3-2-4-16(24)9-14)22-18(25-23(20)29-26-12)10-15(11-19(22)28)13-5-7-17(27)8-6-13/h2-9,15,21,25,27H,10-11H2,1H3/t15-,21+/m1/s1. The van der Waals surface area contributed by atoms with Gasteiger partial charge in [-0.2, -0.15) is 0 Å². The number of phenolic OH excluding ortho intramolecular Hbond substituents is 1. The Morgan fingerprint density at radius 3 is 2.69 bits per heavy atom. The van der Waals surface area contributed by atoms with Crippen LogP contribution >= 0.6 is 15.9 Å². The Labute approximate surface area is 176 Å². The highest BCUT2D eigenvalue weighted by atomic mass is 79.9. The number of aromatic hydroxyl groups is 1. The highest BCUT2D eigenvalue weighted by Gasteiger charge is 2.41. The van der Waals surface area contributed by atoms with E-state index in [0.29, 0.717) is 18.7 Å². The average Bonchev–Trinajstić information content (AvgIpc) is 3.07. The van der Waals surface area contributed by atoms with E-state index in [9.17, 15) is 9.90 Å². The number of aryl methyl sites for hydroxylation is 1. The molecule has 2 aromatic carbocycles. The van der Waals surface area contributed by atoms with Crippen molar-refractivity contribution in [3.8, 4) is 5.75 Å². The molecule has 6 heteroatoms. The van der Waals surface area contributed by atoms with Crippen molar-refractivity contribution in [3.63, 3.8) is 0 Å². The zero-order chi connectivity index (χ0) is 20.1. The smallest absolute Gasteiger partial charge is 0.233 e. The maximum Gasteiger partial charge on any atom is 0.233 e. The lowest BCUT2D eigenvalue weighted by atomic mass is 9.72. The predicted octanol–water partition coefficient (Wildman–Crippen LogP) is 5.41. The summed E-state index contributed by atoms with van der Waals surface area (Å²) in [5.74, 6) is 0.836. The largest absolute Gasteiger partial charge is 0.508 e. The number of Topliss-reactive ketones (excluding diaryl/α,β-unsaturated/α-hetero) is 1. The molecule has 1 aromatic heterocycles. The lowest BCUT2D eigenvalue weighted by molar-refractivity contribution is -0.116. The molecular formula is C23H19BrN2O3. The third kappa shape index (κ3) is 3.08. The number of halogens is 1.